The predicted octanol–water partition coefficient (Wildman–Crippen LogP) is 2.29. The number of ether oxygens (including phenoxy) is 2. The monoisotopic (exact) mass is 241 g/mol. The Balaban J connectivity index is 2.19. The highest BCUT2D eigenvalue weighted by atomic mass is 19.1. The average Bonchev–Trinajstić information content (AvgIpc) is 2.30. The van der Waals surface area contributed by atoms with Gasteiger partial charge in [0.25, 0.3) is 0 Å². The molecule has 6 heteroatoms. The zero-order valence-electron chi connectivity index (χ0n) is 9.10. The summed E-state index contributed by atoms with van der Waals surface area (Å²) in [6.07, 6.45) is 1.17. The van der Waals surface area contributed by atoms with Crippen molar-refractivity contribution in [2.75, 3.05) is 13.2 Å². The number of hydrogen-bond acceptors (Lipinski definition) is 4. The summed E-state index contributed by atoms with van der Waals surface area (Å²) in [5.41, 5.74) is -0.598. The third-order valence-electron chi connectivity index (χ3n) is 2.59. The summed E-state index contributed by atoms with van der Waals surface area (Å²) >= 11 is 0. The number of nitro groups is 1. The van der Waals surface area contributed by atoms with E-state index in [1.54, 1.807) is 0 Å². The molecule has 1 aromatic rings. The van der Waals surface area contributed by atoms with Crippen LogP contribution in [0.5, 0.6) is 5.75 Å². The minimum absolute atomic E-state index is 0.0121. The first-order valence-electron chi connectivity index (χ1n) is 5.36. The highest BCUT2D eigenvalue weighted by Crippen LogP contribution is 2.31. The summed E-state index contributed by atoms with van der Waals surface area (Å²) in [6, 6.07) is 3.86. The van der Waals surface area contributed by atoms with E-state index in [0.717, 1.165) is 6.07 Å². The van der Waals surface area contributed by atoms with Gasteiger partial charge in [0.05, 0.1) is 18.1 Å². The molecule has 0 atom stereocenters. The Morgan fingerprint density at radius 2 is 2.12 bits per heavy atom. The van der Waals surface area contributed by atoms with Crippen LogP contribution in [0.25, 0.3) is 0 Å². The van der Waals surface area contributed by atoms with Crippen LogP contribution in [0, 0.1) is 15.9 Å². The van der Waals surface area contributed by atoms with Crippen LogP contribution in [0.2, 0.25) is 0 Å². The van der Waals surface area contributed by atoms with Gasteiger partial charge >= 0.3 is 5.69 Å². The van der Waals surface area contributed by atoms with Gasteiger partial charge in [-0.2, -0.15) is 4.39 Å². The highest BCUT2D eigenvalue weighted by Gasteiger charge is 2.24. The lowest BCUT2D eigenvalue weighted by atomic mass is 10.1. The van der Waals surface area contributed by atoms with Gasteiger partial charge in [-0.05, 0) is 12.1 Å². The molecule has 0 saturated carbocycles. The summed E-state index contributed by atoms with van der Waals surface area (Å²) in [4.78, 5) is 9.99. The van der Waals surface area contributed by atoms with E-state index in [9.17, 15) is 14.5 Å². The Morgan fingerprint density at radius 3 is 2.76 bits per heavy atom. The number of rotatable bonds is 3. The van der Waals surface area contributed by atoms with Gasteiger partial charge in [-0.15, -0.1) is 0 Å². The van der Waals surface area contributed by atoms with Gasteiger partial charge in [0, 0.05) is 12.8 Å². The third kappa shape index (κ3) is 2.71. The summed E-state index contributed by atoms with van der Waals surface area (Å²) in [5, 5.41) is 10.7. The van der Waals surface area contributed by atoms with Crippen molar-refractivity contribution in [1.29, 1.82) is 0 Å². The maximum atomic E-state index is 13.3. The third-order valence-corrected chi connectivity index (χ3v) is 2.59. The fourth-order valence-corrected chi connectivity index (χ4v) is 1.74. The second kappa shape index (κ2) is 5.09. The maximum Gasteiger partial charge on any atom is 0.346 e. The van der Waals surface area contributed by atoms with Crippen molar-refractivity contribution in [3.63, 3.8) is 0 Å². The van der Waals surface area contributed by atoms with E-state index < -0.39 is 16.4 Å². The first-order valence-corrected chi connectivity index (χ1v) is 5.36. The molecule has 92 valence electrons. The molecule has 0 bridgehead atoms. The van der Waals surface area contributed by atoms with Gasteiger partial charge in [0.1, 0.15) is 6.10 Å². The van der Waals surface area contributed by atoms with Crippen LogP contribution in [0.15, 0.2) is 18.2 Å². The molecule has 2 rings (SSSR count). The molecule has 5 nitrogen and oxygen atoms in total. The van der Waals surface area contributed by atoms with Crippen LogP contribution in [-0.2, 0) is 4.74 Å². The van der Waals surface area contributed by atoms with E-state index in [0.29, 0.717) is 26.1 Å². The number of nitrogens with zero attached hydrogens (tertiary/aromatic N) is 1. The van der Waals surface area contributed by atoms with Crippen LogP contribution in [0.4, 0.5) is 10.1 Å². The predicted molar refractivity (Wildman–Crippen MR) is 57.5 cm³/mol. The molecule has 0 spiro atoms. The lowest BCUT2D eigenvalue weighted by Gasteiger charge is -2.23. The molecule has 1 aliphatic rings. The summed E-state index contributed by atoms with van der Waals surface area (Å²) in [5.74, 6) is -0.888. The largest absolute Gasteiger partial charge is 0.483 e. The minimum Gasteiger partial charge on any atom is -0.483 e. The van der Waals surface area contributed by atoms with Crippen molar-refractivity contribution in [3.05, 3.63) is 34.1 Å². The number of benzene rings is 1. The van der Waals surface area contributed by atoms with Crippen LogP contribution in [0.1, 0.15) is 12.8 Å². The van der Waals surface area contributed by atoms with E-state index >= 15 is 0 Å². The van der Waals surface area contributed by atoms with Gasteiger partial charge in [-0.1, -0.05) is 6.07 Å². The van der Waals surface area contributed by atoms with Gasteiger partial charge < -0.3 is 9.47 Å². The Bertz CT molecular complexity index is 418. The van der Waals surface area contributed by atoms with Gasteiger partial charge in [0.15, 0.2) is 0 Å². The SMILES string of the molecule is O=[N+]([O-])c1c(F)cccc1OC1CCOCC1. The minimum atomic E-state index is -0.875. The van der Waals surface area contributed by atoms with E-state index in [2.05, 4.69) is 0 Å². The van der Waals surface area contributed by atoms with Crippen LogP contribution in [-0.4, -0.2) is 24.2 Å². The van der Waals surface area contributed by atoms with E-state index in [1.807, 2.05) is 0 Å². The molecule has 0 unspecified atom stereocenters. The molecular formula is C11H12FNO4. The van der Waals surface area contributed by atoms with E-state index in [1.165, 1.54) is 12.1 Å². The van der Waals surface area contributed by atoms with Crippen LogP contribution in [0.3, 0.4) is 0 Å². The molecule has 17 heavy (non-hydrogen) atoms. The Morgan fingerprint density at radius 1 is 1.41 bits per heavy atom. The van der Waals surface area contributed by atoms with Crippen LogP contribution >= 0.6 is 0 Å². The smallest absolute Gasteiger partial charge is 0.346 e. The fraction of sp³-hybridized carbons (Fsp3) is 0.455. The molecule has 1 heterocycles. The molecular weight excluding hydrogens is 229 g/mol. The lowest BCUT2D eigenvalue weighted by Crippen LogP contribution is -2.26. The molecule has 0 N–H and O–H groups in total. The average molecular weight is 241 g/mol. The Labute approximate surface area is 97.3 Å². The van der Waals surface area contributed by atoms with Crippen molar-refractivity contribution in [2.45, 2.75) is 18.9 Å². The van der Waals surface area contributed by atoms with E-state index in [4.69, 9.17) is 9.47 Å². The Hall–Kier alpha value is -1.69. The standard InChI is InChI=1S/C11H12FNO4/c12-9-2-1-3-10(11(9)13(14)15)17-8-4-6-16-7-5-8/h1-3,8H,4-7H2. The number of hydrogen-bond donors (Lipinski definition) is 0. The number of halogens is 1. The normalized spacial score (nSPS) is 16.8. The van der Waals surface area contributed by atoms with Crippen molar-refractivity contribution in [2.24, 2.45) is 0 Å². The maximum absolute atomic E-state index is 13.3. The molecule has 0 aliphatic carbocycles. The topological polar surface area (TPSA) is 61.6 Å². The van der Waals surface area contributed by atoms with Crippen molar-refractivity contribution >= 4 is 5.69 Å². The Kier molecular flexibility index (Phi) is 3.53. The second-order valence-corrected chi connectivity index (χ2v) is 3.77. The first-order chi connectivity index (χ1) is 8.18. The first kappa shape index (κ1) is 11.8. The second-order valence-electron chi connectivity index (χ2n) is 3.77. The molecule has 0 amide bonds. The lowest BCUT2D eigenvalue weighted by molar-refractivity contribution is -0.388. The van der Waals surface area contributed by atoms with Crippen molar-refractivity contribution in [3.8, 4) is 5.75 Å². The summed E-state index contributed by atoms with van der Waals surface area (Å²) in [6.45, 7) is 1.13. The molecule has 1 aliphatic heterocycles. The van der Waals surface area contributed by atoms with Gasteiger partial charge in [-0.3, -0.25) is 10.1 Å². The molecule has 0 aromatic heterocycles. The van der Waals surface area contributed by atoms with Gasteiger partial charge in [-0.25, -0.2) is 0 Å². The fourth-order valence-electron chi connectivity index (χ4n) is 1.74. The molecule has 1 saturated heterocycles. The number of nitro benzene ring substituents is 1. The van der Waals surface area contributed by atoms with Crippen molar-refractivity contribution in [1.82, 2.24) is 0 Å². The quantitative estimate of drug-likeness (QED) is 0.601. The molecule has 0 radical (unpaired) electrons. The summed E-state index contributed by atoms with van der Waals surface area (Å²) < 4.78 is 23.9. The highest BCUT2D eigenvalue weighted by molar-refractivity contribution is 5.47. The molecule has 1 aromatic carbocycles. The van der Waals surface area contributed by atoms with Gasteiger partial charge in [0.2, 0.25) is 11.6 Å². The zero-order chi connectivity index (χ0) is 12.3. The molecule has 1 fully saturated rings. The van der Waals surface area contributed by atoms with E-state index in [-0.39, 0.29) is 11.9 Å². The van der Waals surface area contributed by atoms with Crippen molar-refractivity contribution < 1.29 is 18.8 Å². The van der Waals surface area contributed by atoms with Crippen LogP contribution < -0.4 is 4.74 Å². The zero-order valence-corrected chi connectivity index (χ0v) is 9.10. The summed E-state index contributed by atoms with van der Waals surface area (Å²) in [7, 11) is 0. The number of para-hydroxylation sites is 1.